The number of nitrogens with one attached hydrogen (secondary N) is 2. The molecule has 8 nitrogen and oxygen atoms in total. The zero-order valence-corrected chi connectivity index (χ0v) is 22.5. The Morgan fingerprint density at radius 2 is 1.40 bits per heavy atom. The first-order chi connectivity index (χ1) is 19.1. The Bertz CT molecular complexity index is 1300. The van der Waals surface area contributed by atoms with Crippen molar-refractivity contribution in [3.63, 3.8) is 0 Å². The average molecular weight is 550 g/mol. The molecule has 0 saturated carbocycles. The summed E-state index contributed by atoms with van der Waals surface area (Å²) in [5.41, 5.74) is 9.61. The lowest BCUT2D eigenvalue weighted by Crippen LogP contribution is -2.60. The standard InChI is InChI=1S/C30H33F2N5O3/c1-19-4-3-5-20(2)28(19)34-26(38)17-36-14-15-37(25(16-36)30(33)40)18-27(39)35-29(21-6-10-23(31)11-7-21)22-8-12-24(32)13-9-22/h3-13,25,29H,14-18H2,1-2H3,(H2,33,40)(H,34,38)(H,35,39). The summed E-state index contributed by atoms with van der Waals surface area (Å²) < 4.78 is 27.1. The first-order valence-corrected chi connectivity index (χ1v) is 13.0. The molecule has 3 aromatic carbocycles. The summed E-state index contributed by atoms with van der Waals surface area (Å²) in [5, 5.41) is 5.87. The van der Waals surface area contributed by atoms with Crippen molar-refractivity contribution in [2.75, 3.05) is 38.0 Å². The predicted octanol–water partition coefficient (Wildman–Crippen LogP) is 2.90. The molecule has 1 unspecified atom stereocenters. The lowest BCUT2D eigenvalue weighted by atomic mass is 9.98. The summed E-state index contributed by atoms with van der Waals surface area (Å²) >= 11 is 0. The van der Waals surface area contributed by atoms with Crippen LogP contribution in [0.3, 0.4) is 0 Å². The maximum absolute atomic E-state index is 13.5. The second-order valence-electron chi connectivity index (χ2n) is 10.0. The summed E-state index contributed by atoms with van der Waals surface area (Å²) in [6.07, 6.45) is 0. The molecular formula is C30H33F2N5O3. The van der Waals surface area contributed by atoms with Gasteiger partial charge in [0.15, 0.2) is 0 Å². The molecule has 210 valence electrons. The number of benzene rings is 3. The van der Waals surface area contributed by atoms with Crippen molar-refractivity contribution < 1.29 is 23.2 Å². The number of carbonyl (C=O) groups excluding carboxylic acids is 3. The summed E-state index contributed by atoms with van der Waals surface area (Å²) in [7, 11) is 0. The Morgan fingerprint density at radius 3 is 1.93 bits per heavy atom. The second kappa shape index (κ2) is 12.8. The smallest absolute Gasteiger partial charge is 0.238 e. The van der Waals surface area contributed by atoms with Crippen LogP contribution in [0.1, 0.15) is 28.3 Å². The molecule has 4 rings (SSSR count). The zero-order valence-electron chi connectivity index (χ0n) is 22.5. The molecule has 1 heterocycles. The third kappa shape index (κ3) is 7.28. The Labute approximate surface area is 232 Å². The number of primary amides is 1. The number of para-hydroxylation sites is 1. The van der Waals surface area contributed by atoms with Crippen LogP contribution >= 0.6 is 0 Å². The van der Waals surface area contributed by atoms with E-state index in [0.717, 1.165) is 16.8 Å². The van der Waals surface area contributed by atoms with Crippen LogP contribution in [0.15, 0.2) is 66.7 Å². The van der Waals surface area contributed by atoms with Crippen LogP contribution in [0.5, 0.6) is 0 Å². The largest absolute Gasteiger partial charge is 0.368 e. The summed E-state index contributed by atoms with van der Waals surface area (Å²) in [4.78, 5) is 41.8. The van der Waals surface area contributed by atoms with Crippen molar-refractivity contribution in [2.24, 2.45) is 5.73 Å². The molecule has 0 spiro atoms. The van der Waals surface area contributed by atoms with Crippen molar-refractivity contribution in [1.29, 1.82) is 0 Å². The third-order valence-electron chi connectivity index (χ3n) is 7.08. The van der Waals surface area contributed by atoms with E-state index < -0.39 is 29.6 Å². The van der Waals surface area contributed by atoms with Crippen LogP contribution in [-0.2, 0) is 14.4 Å². The van der Waals surface area contributed by atoms with E-state index in [1.807, 2.05) is 36.9 Å². The molecule has 0 radical (unpaired) electrons. The summed E-state index contributed by atoms with van der Waals surface area (Å²) in [6, 6.07) is 15.7. The average Bonchev–Trinajstić information content (AvgIpc) is 2.91. The SMILES string of the molecule is Cc1cccc(C)c1NC(=O)CN1CCN(CC(=O)NC(c2ccc(F)cc2)c2ccc(F)cc2)C(C(N)=O)C1. The lowest BCUT2D eigenvalue weighted by Gasteiger charge is -2.39. The van der Waals surface area contributed by atoms with Crippen LogP contribution in [-0.4, -0.2) is 66.3 Å². The normalized spacial score (nSPS) is 16.1. The maximum Gasteiger partial charge on any atom is 0.238 e. The minimum absolute atomic E-state index is 0.0782. The fourth-order valence-corrected chi connectivity index (χ4v) is 4.93. The predicted molar refractivity (Wildman–Crippen MR) is 148 cm³/mol. The van der Waals surface area contributed by atoms with Gasteiger partial charge in [-0.25, -0.2) is 8.78 Å². The van der Waals surface area contributed by atoms with E-state index in [4.69, 9.17) is 5.73 Å². The Hall–Kier alpha value is -4.15. The van der Waals surface area contributed by atoms with Gasteiger partial charge in [0.05, 0.1) is 19.1 Å². The maximum atomic E-state index is 13.5. The molecule has 4 N–H and O–H groups in total. The van der Waals surface area contributed by atoms with Crippen molar-refractivity contribution in [3.05, 3.63) is 101 Å². The fourth-order valence-electron chi connectivity index (χ4n) is 4.93. The number of halogens is 2. The lowest BCUT2D eigenvalue weighted by molar-refractivity contribution is -0.131. The van der Waals surface area contributed by atoms with Crippen molar-refractivity contribution >= 4 is 23.4 Å². The van der Waals surface area contributed by atoms with Gasteiger partial charge in [-0.3, -0.25) is 24.2 Å². The van der Waals surface area contributed by atoms with Crippen LogP contribution < -0.4 is 16.4 Å². The van der Waals surface area contributed by atoms with Gasteiger partial charge in [0.2, 0.25) is 17.7 Å². The molecule has 0 bridgehead atoms. The zero-order chi connectivity index (χ0) is 28.8. The number of hydrogen-bond acceptors (Lipinski definition) is 5. The van der Waals surface area contributed by atoms with Crippen LogP contribution in [0.2, 0.25) is 0 Å². The van der Waals surface area contributed by atoms with Crippen LogP contribution in [0.4, 0.5) is 14.5 Å². The molecule has 3 amide bonds. The number of aryl methyl sites for hydroxylation is 2. The molecule has 3 aromatic rings. The van der Waals surface area contributed by atoms with Gasteiger partial charge in [0.1, 0.15) is 17.7 Å². The monoisotopic (exact) mass is 549 g/mol. The third-order valence-corrected chi connectivity index (χ3v) is 7.08. The fraction of sp³-hybridized carbons (Fsp3) is 0.300. The quantitative estimate of drug-likeness (QED) is 0.381. The van der Waals surface area contributed by atoms with E-state index in [-0.39, 0.29) is 31.4 Å². The molecule has 0 aliphatic carbocycles. The van der Waals surface area contributed by atoms with Gasteiger partial charge in [-0.15, -0.1) is 0 Å². The van der Waals surface area contributed by atoms with Crippen molar-refractivity contribution in [2.45, 2.75) is 25.9 Å². The van der Waals surface area contributed by atoms with E-state index in [2.05, 4.69) is 10.6 Å². The number of nitrogens with zero attached hydrogens (tertiary/aromatic N) is 2. The first kappa shape index (κ1) is 28.8. The number of anilines is 1. The molecule has 0 aromatic heterocycles. The van der Waals surface area contributed by atoms with Gasteiger partial charge in [0.25, 0.3) is 0 Å². The van der Waals surface area contributed by atoms with Gasteiger partial charge in [-0.1, -0.05) is 42.5 Å². The summed E-state index contributed by atoms with van der Waals surface area (Å²) in [5.74, 6) is -2.02. The Kier molecular flexibility index (Phi) is 9.23. The van der Waals surface area contributed by atoms with Crippen molar-refractivity contribution in [1.82, 2.24) is 15.1 Å². The van der Waals surface area contributed by atoms with Gasteiger partial charge < -0.3 is 16.4 Å². The number of rotatable bonds is 9. The first-order valence-electron chi connectivity index (χ1n) is 13.0. The van der Waals surface area contributed by atoms with Crippen LogP contribution in [0.25, 0.3) is 0 Å². The number of carbonyl (C=O) groups is 3. The number of amides is 3. The molecule has 1 atom stereocenters. The van der Waals surface area contributed by atoms with E-state index in [9.17, 15) is 23.2 Å². The molecule has 1 aliphatic rings. The van der Waals surface area contributed by atoms with E-state index in [1.54, 1.807) is 29.2 Å². The topological polar surface area (TPSA) is 108 Å². The Balaban J connectivity index is 1.40. The van der Waals surface area contributed by atoms with Gasteiger partial charge in [-0.2, -0.15) is 0 Å². The molecule has 40 heavy (non-hydrogen) atoms. The number of nitrogens with two attached hydrogens (primary N) is 1. The van der Waals surface area contributed by atoms with E-state index in [0.29, 0.717) is 24.2 Å². The molecule has 10 heteroatoms. The molecule has 1 saturated heterocycles. The van der Waals surface area contributed by atoms with Gasteiger partial charge >= 0.3 is 0 Å². The van der Waals surface area contributed by atoms with Gasteiger partial charge in [-0.05, 0) is 60.4 Å². The number of piperazine rings is 1. The Morgan fingerprint density at radius 1 is 0.850 bits per heavy atom. The van der Waals surface area contributed by atoms with E-state index >= 15 is 0 Å². The number of hydrogen-bond donors (Lipinski definition) is 3. The second-order valence-corrected chi connectivity index (χ2v) is 10.0. The summed E-state index contributed by atoms with van der Waals surface area (Å²) in [6.45, 7) is 4.80. The highest BCUT2D eigenvalue weighted by Gasteiger charge is 2.33. The molecule has 1 fully saturated rings. The highest BCUT2D eigenvalue weighted by molar-refractivity contribution is 5.94. The minimum atomic E-state index is -0.775. The van der Waals surface area contributed by atoms with Crippen molar-refractivity contribution in [3.8, 4) is 0 Å². The highest BCUT2D eigenvalue weighted by Crippen LogP contribution is 2.23. The van der Waals surface area contributed by atoms with Gasteiger partial charge in [0, 0.05) is 25.3 Å². The molecular weight excluding hydrogens is 516 g/mol. The highest BCUT2D eigenvalue weighted by atomic mass is 19.1. The molecule has 1 aliphatic heterocycles. The minimum Gasteiger partial charge on any atom is -0.368 e. The van der Waals surface area contributed by atoms with E-state index in [1.165, 1.54) is 24.3 Å². The van der Waals surface area contributed by atoms with Crippen LogP contribution in [0, 0.1) is 25.5 Å².